The third kappa shape index (κ3) is 4.67. The molecule has 0 saturated carbocycles. The highest BCUT2D eigenvalue weighted by atomic mass is 32.2. The molecule has 0 aliphatic carbocycles. The number of hydrogen-bond acceptors (Lipinski definition) is 5. The average Bonchev–Trinajstić information content (AvgIpc) is 3.52. The van der Waals surface area contributed by atoms with Gasteiger partial charge in [-0.15, -0.1) is 11.8 Å². The van der Waals surface area contributed by atoms with Gasteiger partial charge in [-0.1, -0.05) is 42.5 Å². The van der Waals surface area contributed by atoms with Gasteiger partial charge in [0.05, 0.1) is 12.5 Å². The lowest BCUT2D eigenvalue weighted by molar-refractivity contribution is -0.138. The highest BCUT2D eigenvalue weighted by molar-refractivity contribution is 8.01. The van der Waals surface area contributed by atoms with Crippen LogP contribution in [0.2, 0.25) is 0 Å². The predicted molar refractivity (Wildman–Crippen MR) is 150 cm³/mol. The summed E-state index contributed by atoms with van der Waals surface area (Å²) in [6, 6.07) is 21.1. The second-order valence-electron chi connectivity index (χ2n) is 9.99. The topological polar surface area (TPSA) is 89.6 Å². The van der Waals surface area contributed by atoms with Crippen LogP contribution in [0.15, 0.2) is 90.2 Å². The van der Waals surface area contributed by atoms with Crippen molar-refractivity contribution in [1.82, 2.24) is 24.7 Å². The van der Waals surface area contributed by atoms with Gasteiger partial charge in [0.2, 0.25) is 18.2 Å². The van der Waals surface area contributed by atoms with Crippen LogP contribution in [0, 0.1) is 0 Å². The quantitative estimate of drug-likeness (QED) is 0.360. The number of aromatic nitrogens is 2. The number of fused-ring (bicyclic) bond motifs is 1. The molecule has 1 N–H and O–H groups in total. The number of piperazine rings is 1. The van der Waals surface area contributed by atoms with Gasteiger partial charge in [-0.2, -0.15) is 0 Å². The molecule has 2 aliphatic heterocycles. The van der Waals surface area contributed by atoms with E-state index in [0.29, 0.717) is 32.7 Å². The average molecular weight is 540 g/mol. The Hall–Kier alpha value is -4.11. The van der Waals surface area contributed by atoms with E-state index in [2.05, 4.69) is 9.97 Å². The van der Waals surface area contributed by atoms with E-state index in [1.807, 2.05) is 82.7 Å². The first-order chi connectivity index (χ1) is 19.1. The van der Waals surface area contributed by atoms with Crippen molar-refractivity contribution in [3.63, 3.8) is 0 Å². The molecular weight excluding hydrogens is 510 g/mol. The van der Waals surface area contributed by atoms with Crippen molar-refractivity contribution in [2.24, 2.45) is 0 Å². The number of carbonyl (C=O) groups excluding carboxylic acids is 3. The molecule has 2 fully saturated rings. The van der Waals surface area contributed by atoms with Gasteiger partial charge in [-0.05, 0) is 29.8 Å². The van der Waals surface area contributed by atoms with Crippen LogP contribution in [0.25, 0.3) is 10.9 Å². The van der Waals surface area contributed by atoms with Crippen molar-refractivity contribution < 1.29 is 14.4 Å². The molecule has 8 nitrogen and oxygen atoms in total. The number of pyridine rings is 1. The van der Waals surface area contributed by atoms with E-state index in [4.69, 9.17) is 0 Å². The molecule has 2 aliphatic rings. The molecule has 9 heteroatoms. The van der Waals surface area contributed by atoms with Crippen molar-refractivity contribution in [2.75, 3.05) is 26.2 Å². The third-order valence-corrected chi connectivity index (χ3v) is 9.05. The summed E-state index contributed by atoms with van der Waals surface area (Å²) >= 11 is 1.47. The van der Waals surface area contributed by atoms with Crippen molar-refractivity contribution in [2.45, 2.75) is 28.6 Å². The molecule has 4 heterocycles. The maximum Gasteiger partial charge on any atom is 0.242 e. The number of nitrogens with one attached hydrogen (secondary N) is 1. The first-order valence-electron chi connectivity index (χ1n) is 13.1. The predicted octanol–water partition coefficient (Wildman–Crippen LogP) is 3.87. The fraction of sp³-hybridized carbons (Fsp3) is 0.267. The van der Waals surface area contributed by atoms with Crippen molar-refractivity contribution in [3.05, 3.63) is 96.4 Å². The van der Waals surface area contributed by atoms with Gasteiger partial charge in [0.15, 0.2) is 0 Å². The zero-order valence-corrected chi connectivity index (χ0v) is 22.2. The standard InChI is InChI=1S/C30H29N5O3S/c36-21-33-13-15-34(16-14-33)29(38)30(39-23-8-2-1-3-9-23)17-27(37)35(20-22-7-6-12-31-18-22)28(30)25-19-32-26-11-5-4-10-24(25)26/h1-12,18-19,21,28,32H,13-17,20H2. The molecule has 2 atom stereocenters. The van der Waals surface area contributed by atoms with Crippen molar-refractivity contribution in [3.8, 4) is 0 Å². The van der Waals surface area contributed by atoms with E-state index in [9.17, 15) is 14.4 Å². The lowest BCUT2D eigenvalue weighted by atomic mass is 9.90. The smallest absolute Gasteiger partial charge is 0.242 e. The number of benzene rings is 2. The molecule has 0 spiro atoms. The van der Waals surface area contributed by atoms with Crippen LogP contribution in [-0.4, -0.2) is 73.8 Å². The molecule has 2 saturated heterocycles. The van der Waals surface area contributed by atoms with Gasteiger partial charge in [0.25, 0.3) is 0 Å². The van der Waals surface area contributed by atoms with Crippen LogP contribution >= 0.6 is 11.8 Å². The Balaban J connectivity index is 1.50. The van der Waals surface area contributed by atoms with Gasteiger partial charge >= 0.3 is 0 Å². The van der Waals surface area contributed by atoms with Crippen LogP contribution in [0.1, 0.15) is 23.6 Å². The van der Waals surface area contributed by atoms with Gasteiger partial charge in [-0.3, -0.25) is 19.4 Å². The summed E-state index contributed by atoms with van der Waals surface area (Å²) in [6.45, 7) is 2.18. The summed E-state index contributed by atoms with van der Waals surface area (Å²) in [5.41, 5.74) is 2.78. The van der Waals surface area contributed by atoms with E-state index in [0.717, 1.165) is 33.3 Å². The number of aromatic amines is 1. The second kappa shape index (κ2) is 10.6. The number of hydrogen-bond donors (Lipinski definition) is 1. The summed E-state index contributed by atoms with van der Waals surface area (Å²) in [6.07, 6.45) is 6.33. The molecule has 39 heavy (non-hydrogen) atoms. The Morgan fingerprint density at radius 1 is 1.03 bits per heavy atom. The summed E-state index contributed by atoms with van der Waals surface area (Å²) in [5.74, 6) is -0.142. The maximum atomic E-state index is 14.7. The zero-order valence-electron chi connectivity index (χ0n) is 21.4. The third-order valence-electron chi connectivity index (χ3n) is 7.63. The molecule has 2 aromatic heterocycles. The van der Waals surface area contributed by atoms with Crippen LogP contribution in [-0.2, 0) is 20.9 Å². The minimum atomic E-state index is -1.10. The molecule has 2 unspecified atom stereocenters. The number of likely N-dealkylation sites (tertiary alicyclic amines) is 1. The molecule has 2 aromatic carbocycles. The Morgan fingerprint density at radius 3 is 2.54 bits per heavy atom. The minimum absolute atomic E-state index is 0.0702. The zero-order chi connectivity index (χ0) is 26.8. The molecular formula is C30H29N5O3S. The number of thioether (sulfide) groups is 1. The minimum Gasteiger partial charge on any atom is -0.361 e. The number of amides is 3. The van der Waals surface area contributed by atoms with E-state index >= 15 is 0 Å². The number of carbonyl (C=O) groups is 3. The van der Waals surface area contributed by atoms with Crippen molar-refractivity contribution >= 4 is 40.9 Å². The SMILES string of the molecule is O=CN1CCN(C(=O)C2(Sc3ccccc3)CC(=O)N(Cc3cccnc3)C2c2c[nH]c3ccccc23)CC1. The lowest BCUT2D eigenvalue weighted by Crippen LogP contribution is -2.56. The van der Waals surface area contributed by atoms with Crippen LogP contribution in [0.3, 0.4) is 0 Å². The summed E-state index contributed by atoms with van der Waals surface area (Å²) in [4.78, 5) is 53.9. The lowest BCUT2D eigenvalue weighted by Gasteiger charge is -2.41. The highest BCUT2D eigenvalue weighted by Gasteiger charge is 2.59. The Morgan fingerprint density at radius 2 is 1.79 bits per heavy atom. The maximum absolute atomic E-state index is 14.7. The Kier molecular flexibility index (Phi) is 6.83. The summed E-state index contributed by atoms with van der Waals surface area (Å²) in [5, 5.41) is 0.991. The van der Waals surface area contributed by atoms with Gasteiger partial charge < -0.3 is 19.7 Å². The summed E-state index contributed by atoms with van der Waals surface area (Å²) in [7, 11) is 0. The van der Waals surface area contributed by atoms with E-state index in [-0.39, 0.29) is 18.2 Å². The van der Waals surface area contributed by atoms with E-state index in [1.165, 1.54) is 11.8 Å². The van der Waals surface area contributed by atoms with E-state index in [1.54, 1.807) is 17.3 Å². The Labute approximate surface area is 231 Å². The monoisotopic (exact) mass is 539 g/mol. The van der Waals surface area contributed by atoms with Crippen LogP contribution in [0.4, 0.5) is 0 Å². The first-order valence-corrected chi connectivity index (χ1v) is 13.9. The van der Waals surface area contributed by atoms with E-state index < -0.39 is 10.8 Å². The number of nitrogens with zero attached hydrogens (tertiary/aromatic N) is 4. The van der Waals surface area contributed by atoms with Crippen molar-refractivity contribution in [1.29, 1.82) is 0 Å². The van der Waals surface area contributed by atoms with Crippen LogP contribution in [0.5, 0.6) is 0 Å². The number of para-hydroxylation sites is 1. The fourth-order valence-corrected chi connectivity index (χ4v) is 7.24. The van der Waals surface area contributed by atoms with Gasteiger partial charge in [0, 0.05) is 72.7 Å². The number of H-pyrrole nitrogens is 1. The van der Waals surface area contributed by atoms with Gasteiger partial charge in [-0.25, -0.2) is 0 Å². The normalized spacial score (nSPS) is 21.5. The largest absolute Gasteiger partial charge is 0.361 e. The van der Waals surface area contributed by atoms with Crippen LogP contribution < -0.4 is 0 Å². The molecule has 4 aromatic rings. The molecule has 0 bridgehead atoms. The highest BCUT2D eigenvalue weighted by Crippen LogP contribution is 2.55. The molecule has 0 radical (unpaired) electrons. The Bertz CT molecular complexity index is 1490. The molecule has 6 rings (SSSR count). The van der Waals surface area contributed by atoms with Gasteiger partial charge in [0.1, 0.15) is 4.75 Å². The number of rotatable bonds is 7. The first kappa shape index (κ1) is 25.2. The summed E-state index contributed by atoms with van der Waals surface area (Å²) < 4.78 is -1.10. The fourth-order valence-electron chi connectivity index (χ4n) is 5.75. The molecule has 3 amide bonds. The molecule has 198 valence electrons. The second-order valence-corrected chi connectivity index (χ2v) is 11.4.